The summed E-state index contributed by atoms with van der Waals surface area (Å²) in [5.74, 6) is -1.73. The molecule has 0 aliphatic heterocycles. The zero-order valence-electron chi connectivity index (χ0n) is 44.3. The molecule has 0 aliphatic rings. The predicted molar refractivity (Wildman–Crippen MR) is 282 cm³/mol. The Kier molecular flexibility index (Phi) is 47.3. The van der Waals surface area contributed by atoms with Crippen molar-refractivity contribution in [1.82, 2.24) is 0 Å². The summed E-state index contributed by atoms with van der Waals surface area (Å²) in [5, 5.41) is 11.7. The Morgan fingerprint density at radius 1 is 0.478 bits per heavy atom. The van der Waals surface area contributed by atoms with Crippen molar-refractivity contribution in [2.45, 2.75) is 257 Å². The minimum absolute atomic E-state index is 0.0393. The molecule has 388 valence electrons. The molecule has 0 spiro atoms. The predicted octanol–water partition coefficient (Wildman–Crippen LogP) is 15.1. The number of hydrogen-bond acceptors (Lipinski definition) is 7. The third kappa shape index (κ3) is 47.9. The average molecular weight is 940 g/mol. The summed E-state index contributed by atoms with van der Waals surface area (Å²) in [6.45, 7) is 4.56. The van der Waals surface area contributed by atoms with Gasteiger partial charge in [0.15, 0.2) is 6.10 Å². The molecule has 0 amide bonds. The Labute approximate surface area is 413 Å². The van der Waals surface area contributed by atoms with Crippen LogP contribution in [0.5, 0.6) is 0 Å². The first-order chi connectivity index (χ1) is 32.6. The number of carboxylic acid groups (broad SMARTS) is 1. The summed E-state index contributed by atoms with van der Waals surface area (Å²) < 4.78 is 17.3. The number of hydrogen-bond donors (Lipinski definition) is 0. The van der Waals surface area contributed by atoms with E-state index in [1.807, 2.05) is 21.1 Å². The second-order valence-corrected chi connectivity index (χ2v) is 19.8. The Hall–Kier alpha value is -2.97. The van der Waals surface area contributed by atoms with Crippen molar-refractivity contribution >= 4 is 17.9 Å². The number of nitrogens with zero attached hydrogens (tertiary/aromatic N) is 1. The highest BCUT2D eigenvalue weighted by atomic mass is 16.6. The number of esters is 2. The van der Waals surface area contributed by atoms with E-state index in [0.29, 0.717) is 12.8 Å². The molecule has 0 aromatic rings. The Bertz CT molecular complexity index is 1280. The van der Waals surface area contributed by atoms with Gasteiger partial charge >= 0.3 is 11.9 Å². The van der Waals surface area contributed by atoms with E-state index in [0.717, 1.165) is 57.8 Å². The number of allylic oxidation sites excluding steroid dienone is 10. The van der Waals surface area contributed by atoms with Crippen molar-refractivity contribution < 1.29 is 38.2 Å². The van der Waals surface area contributed by atoms with Gasteiger partial charge in [0.2, 0.25) is 0 Å². The molecule has 0 rings (SSSR count). The molecule has 0 aromatic heterocycles. The molecule has 0 saturated carbocycles. The first kappa shape index (κ1) is 64.0. The maximum absolute atomic E-state index is 12.8. The largest absolute Gasteiger partial charge is 0.544 e. The maximum Gasteiger partial charge on any atom is 0.306 e. The molecule has 2 atom stereocenters. The van der Waals surface area contributed by atoms with E-state index in [-0.39, 0.29) is 42.7 Å². The van der Waals surface area contributed by atoms with Gasteiger partial charge in [-0.1, -0.05) is 216 Å². The summed E-state index contributed by atoms with van der Waals surface area (Å²) in [4.78, 5) is 37.1. The molecule has 0 bridgehead atoms. The molecule has 8 nitrogen and oxygen atoms in total. The quantitative estimate of drug-likeness (QED) is 0.0197. The standard InChI is InChI=1S/C59H105NO7/c1-6-8-10-12-14-16-18-20-22-24-26-28-29-30-32-34-36-38-40-42-44-46-48-50-58(62)67-55(53-65-52-51-56(59(63)64)60(3,4)5)54-66-57(61)49-47-45-43-41-39-37-35-33-31-27-25-23-21-19-17-15-13-11-9-7-2/h8,10,14,16-17,19-23,55-56H,6-7,9,11-13,15,18,24-54H2,1-5H3/b10-8+,16-14+,19-17+,22-20+,23-21+. The van der Waals surface area contributed by atoms with Crippen LogP contribution in [0.4, 0.5) is 0 Å². The zero-order chi connectivity index (χ0) is 49.2. The molecule has 0 radical (unpaired) electrons. The van der Waals surface area contributed by atoms with Crippen LogP contribution in [0, 0.1) is 0 Å². The van der Waals surface area contributed by atoms with Crippen LogP contribution in [0.1, 0.15) is 245 Å². The Morgan fingerprint density at radius 3 is 1.33 bits per heavy atom. The molecule has 0 heterocycles. The van der Waals surface area contributed by atoms with Crippen molar-refractivity contribution in [2.24, 2.45) is 0 Å². The van der Waals surface area contributed by atoms with Gasteiger partial charge in [0.1, 0.15) is 12.6 Å². The van der Waals surface area contributed by atoms with Crippen LogP contribution in [-0.2, 0) is 28.6 Å². The van der Waals surface area contributed by atoms with Crippen molar-refractivity contribution in [1.29, 1.82) is 0 Å². The van der Waals surface area contributed by atoms with Gasteiger partial charge in [-0.15, -0.1) is 0 Å². The van der Waals surface area contributed by atoms with E-state index in [9.17, 15) is 19.5 Å². The van der Waals surface area contributed by atoms with Crippen LogP contribution in [0.3, 0.4) is 0 Å². The van der Waals surface area contributed by atoms with Crippen LogP contribution in [0.25, 0.3) is 0 Å². The lowest BCUT2D eigenvalue weighted by molar-refractivity contribution is -0.889. The third-order valence-electron chi connectivity index (χ3n) is 12.4. The fourth-order valence-corrected chi connectivity index (χ4v) is 8.14. The summed E-state index contributed by atoms with van der Waals surface area (Å²) in [5.41, 5.74) is 0. The molecular weight excluding hydrogens is 835 g/mol. The Balaban J connectivity index is 4.18. The van der Waals surface area contributed by atoms with E-state index in [2.05, 4.69) is 74.6 Å². The second kappa shape index (κ2) is 49.5. The van der Waals surface area contributed by atoms with Crippen molar-refractivity contribution in [3.8, 4) is 0 Å². The number of likely N-dealkylation sites (N-methyl/N-ethyl adjacent to an activating group) is 1. The molecule has 0 N–H and O–H groups in total. The fourth-order valence-electron chi connectivity index (χ4n) is 8.14. The normalized spacial score (nSPS) is 13.3. The molecule has 0 fully saturated rings. The summed E-state index contributed by atoms with van der Waals surface area (Å²) in [7, 11) is 5.42. The summed E-state index contributed by atoms with van der Waals surface area (Å²) in [6.07, 6.45) is 62.5. The molecule has 67 heavy (non-hydrogen) atoms. The van der Waals surface area contributed by atoms with E-state index in [1.165, 1.54) is 154 Å². The molecular formula is C59H105NO7. The number of carbonyl (C=O) groups is 3. The molecule has 8 heteroatoms. The van der Waals surface area contributed by atoms with Crippen LogP contribution >= 0.6 is 0 Å². The summed E-state index contributed by atoms with van der Waals surface area (Å²) >= 11 is 0. The number of aliphatic carboxylic acids is 1. The van der Waals surface area contributed by atoms with Gasteiger partial charge in [-0.3, -0.25) is 9.59 Å². The molecule has 0 aromatic carbocycles. The Morgan fingerprint density at radius 2 is 0.881 bits per heavy atom. The van der Waals surface area contributed by atoms with E-state index < -0.39 is 18.1 Å². The number of rotatable bonds is 50. The van der Waals surface area contributed by atoms with Crippen molar-refractivity contribution in [3.63, 3.8) is 0 Å². The highest BCUT2D eigenvalue weighted by Gasteiger charge is 2.25. The maximum atomic E-state index is 12.8. The molecule has 0 aliphatic carbocycles. The SMILES string of the molecule is CC/C=C/C/C=C/C/C=C/CCCCCCCCCCCCCCCC(=O)OC(COCCC(C(=O)[O-])[N+](C)(C)C)COC(=O)CCCCCCCCCCCC/C=C/C=C/CCCCCC. The minimum Gasteiger partial charge on any atom is -0.544 e. The highest BCUT2D eigenvalue weighted by molar-refractivity contribution is 5.70. The monoisotopic (exact) mass is 940 g/mol. The van der Waals surface area contributed by atoms with Crippen LogP contribution in [-0.4, -0.2) is 75.5 Å². The van der Waals surface area contributed by atoms with Gasteiger partial charge in [-0.2, -0.15) is 0 Å². The number of carbonyl (C=O) groups excluding carboxylic acids is 3. The first-order valence-corrected chi connectivity index (χ1v) is 27.8. The van der Waals surface area contributed by atoms with Crippen molar-refractivity contribution in [2.75, 3.05) is 41.0 Å². The topological polar surface area (TPSA) is 102 Å². The average Bonchev–Trinajstić information content (AvgIpc) is 3.29. The lowest BCUT2D eigenvalue weighted by Gasteiger charge is -2.34. The number of unbranched alkanes of at least 4 members (excludes halogenated alkanes) is 27. The van der Waals surface area contributed by atoms with Crippen LogP contribution in [0.15, 0.2) is 60.8 Å². The van der Waals surface area contributed by atoms with E-state index in [4.69, 9.17) is 14.2 Å². The third-order valence-corrected chi connectivity index (χ3v) is 12.4. The number of carboxylic acids is 1. The fraction of sp³-hybridized carbons (Fsp3) is 0.780. The smallest absolute Gasteiger partial charge is 0.306 e. The van der Waals surface area contributed by atoms with E-state index >= 15 is 0 Å². The van der Waals surface area contributed by atoms with Gasteiger partial charge in [0, 0.05) is 19.3 Å². The van der Waals surface area contributed by atoms with Gasteiger partial charge in [0.05, 0.1) is 40.3 Å². The lowest BCUT2D eigenvalue weighted by Crippen LogP contribution is -2.55. The highest BCUT2D eigenvalue weighted by Crippen LogP contribution is 2.16. The van der Waals surface area contributed by atoms with Gasteiger partial charge < -0.3 is 28.6 Å². The first-order valence-electron chi connectivity index (χ1n) is 27.8. The lowest BCUT2D eigenvalue weighted by atomic mass is 10.0. The minimum atomic E-state index is -1.12. The van der Waals surface area contributed by atoms with Crippen LogP contribution in [0.2, 0.25) is 0 Å². The van der Waals surface area contributed by atoms with Crippen LogP contribution < -0.4 is 5.11 Å². The second-order valence-electron chi connectivity index (χ2n) is 19.8. The number of quaternary nitrogens is 1. The van der Waals surface area contributed by atoms with E-state index in [1.54, 1.807) is 0 Å². The summed E-state index contributed by atoms with van der Waals surface area (Å²) in [6, 6.07) is -0.728. The van der Waals surface area contributed by atoms with Crippen molar-refractivity contribution in [3.05, 3.63) is 60.8 Å². The van der Waals surface area contributed by atoms with Gasteiger partial charge in [-0.05, 0) is 70.6 Å². The zero-order valence-corrected chi connectivity index (χ0v) is 44.3. The van der Waals surface area contributed by atoms with Gasteiger partial charge in [0.25, 0.3) is 0 Å². The molecule has 2 unspecified atom stereocenters. The van der Waals surface area contributed by atoms with Gasteiger partial charge in [-0.25, -0.2) is 0 Å². The number of ether oxygens (including phenoxy) is 3. The molecule has 0 saturated heterocycles.